The van der Waals surface area contributed by atoms with E-state index in [1.54, 1.807) is 19.1 Å². The van der Waals surface area contributed by atoms with Gasteiger partial charge in [-0.15, -0.1) is 11.3 Å². The van der Waals surface area contributed by atoms with Gasteiger partial charge in [0.1, 0.15) is 5.92 Å². The number of hydrogen-bond donors (Lipinski definition) is 0. The highest BCUT2D eigenvalue weighted by Gasteiger charge is 2.26. The fourth-order valence-corrected chi connectivity index (χ4v) is 1.91. The molecular formula is C10H12O3S. The molecule has 1 atom stereocenters. The standard InChI is InChI=1S/C10H12O3S/c1-3-7(10(12)13-2)9(11)8-5-4-6-14-8/h4-7H,3H2,1-2H3. The van der Waals surface area contributed by atoms with Gasteiger partial charge in [0.25, 0.3) is 0 Å². The lowest BCUT2D eigenvalue weighted by Crippen LogP contribution is -2.24. The van der Waals surface area contributed by atoms with Gasteiger partial charge in [-0.25, -0.2) is 0 Å². The monoisotopic (exact) mass is 212 g/mol. The molecule has 1 aromatic heterocycles. The van der Waals surface area contributed by atoms with Gasteiger partial charge < -0.3 is 4.74 Å². The summed E-state index contributed by atoms with van der Waals surface area (Å²) in [5.41, 5.74) is 0. The molecule has 4 heteroatoms. The van der Waals surface area contributed by atoms with Crippen LogP contribution in [-0.4, -0.2) is 18.9 Å². The second-order valence-corrected chi connectivity index (χ2v) is 3.77. The van der Waals surface area contributed by atoms with Crippen LogP contribution in [0.2, 0.25) is 0 Å². The number of hydrogen-bond acceptors (Lipinski definition) is 4. The van der Waals surface area contributed by atoms with Crippen molar-refractivity contribution in [2.75, 3.05) is 7.11 Å². The fraction of sp³-hybridized carbons (Fsp3) is 0.400. The summed E-state index contributed by atoms with van der Waals surface area (Å²) in [5, 5.41) is 1.82. The average Bonchev–Trinajstić information content (AvgIpc) is 2.71. The van der Waals surface area contributed by atoms with E-state index >= 15 is 0 Å². The number of esters is 1. The Labute approximate surface area is 86.7 Å². The Morgan fingerprint density at radius 3 is 2.71 bits per heavy atom. The first-order valence-electron chi connectivity index (χ1n) is 4.36. The molecule has 0 fully saturated rings. The van der Waals surface area contributed by atoms with Crippen LogP contribution < -0.4 is 0 Å². The molecule has 0 saturated heterocycles. The Hall–Kier alpha value is -1.16. The topological polar surface area (TPSA) is 43.4 Å². The molecule has 1 aromatic rings. The van der Waals surface area contributed by atoms with Crippen molar-refractivity contribution in [1.82, 2.24) is 0 Å². The van der Waals surface area contributed by atoms with E-state index in [1.807, 2.05) is 5.38 Å². The zero-order valence-corrected chi connectivity index (χ0v) is 8.97. The van der Waals surface area contributed by atoms with Gasteiger partial charge in [0.15, 0.2) is 5.78 Å². The predicted octanol–water partition coefficient (Wildman–Crippen LogP) is 2.13. The lowest BCUT2D eigenvalue weighted by Gasteiger charge is -2.09. The van der Waals surface area contributed by atoms with Crippen molar-refractivity contribution >= 4 is 23.1 Å². The molecule has 1 unspecified atom stereocenters. The second kappa shape index (κ2) is 4.91. The van der Waals surface area contributed by atoms with E-state index in [2.05, 4.69) is 4.74 Å². The van der Waals surface area contributed by atoms with E-state index in [-0.39, 0.29) is 5.78 Å². The van der Waals surface area contributed by atoms with Crippen molar-refractivity contribution < 1.29 is 14.3 Å². The van der Waals surface area contributed by atoms with E-state index < -0.39 is 11.9 Å². The molecule has 0 aliphatic carbocycles. The van der Waals surface area contributed by atoms with Crippen molar-refractivity contribution in [2.45, 2.75) is 13.3 Å². The summed E-state index contributed by atoms with van der Waals surface area (Å²) < 4.78 is 4.57. The van der Waals surface area contributed by atoms with Crippen molar-refractivity contribution in [3.05, 3.63) is 22.4 Å². The molecule has 0 aliphatic heterocycles. The molecule has 0 aromatic carbocycles. The summed E-state index contributed by atoms with van der Waals surface area (Å²) in [7, 11) is 1.30. The summed E-state index contributed by atoms with van der Waals surface area (Å²) in [6.45, 7) is 1.80. The third-order valence-electron chi connectivity index (χ3n) is 1.97. The molecule has 0 radical (unpaired) electrons. The minimum absolute atomic E-state index is 0.144. The van der Waals surface area contributed by atoms with E-state index in [0.29, 0.717) is 11.3 Å². The third kappa shape index (κ3) is 2.20. The van der Waals surface area contributed by atoms with Crippen LogP contribution in [0.5, 0.6) is 0 Å². The molecule has 0 aliphatic rings. The number of methoxy groups -OCH3 is 1. The molecule has 0 N–H and O–H groups in total. The molecule has 0 spiro atoms. The van der Waals surface area contributed by atoms with Crippen molar-refractivity contribution in [3.63, 3.8) is 0 Å². The number of carbonyl (C=O) groups excluding carboxylic acids is 2. The first-order valence-corrected chi connectivity index (χ1v) is 5.24. The van der Waals surface area contributed by atoms with Crippen LogP contribution in [0.3, 0.4) is 0 Å². The van der Waals surface area contributed by atoms with Crippen molar-refractivity contribution in [3.8, 4) is 0 Å². The largest absolute Gasteiger partial charge is 0.468 e. The van der Waals surface area contributed by atoms with E-state index in [0.717, 1.165) is 0 Å². The highest BCUT2D eigenvalue weighted by atomic mass is 32.1. The van der Waals surface area contributed by atoms with Crippen LogP contribution in [0.4, 0.5) is 0 Å². The molecule has 3 nitrogen and oxygen atoms in total. The van der Waals surface area contributed by atoms with Crippen LogP contribution in [0.25, 0.3) is 0 Å². The summed E-state index contributed by atoms with van der Waals surface area (Å²) in [6, 6.07) is 3.51. The molecule has 14 heavy (non-hydrogen) atoms. The summed E-state index contributed by atoms with van der Waals surface area (Å²) in [4.78, 5) is 23.6. The lowest BCUT2D eigenvalue weighted by molar-refractivity contribution is -0.143. The molecule has 0 amide bonds. The quantitative estimate of drug-likeness (QED) is 0.436. The maximum Gasteiger partial charge on any atom is 0.316 e. The number of rotatable bonds is 4. The molecule has 1 heterocycles. The number of Topliss-reactive ketones (excluding diaryl/α,β-unsaturated/α-hetero) is 1. The van der Waals surface area contributed by atoms with Crippen LogP contribution >= 0.6 is 11.3 Å². The van der Waals surface area contributed by atoms with Crippen LogP contribution in [0.15, 0.2) is 17.5 Å². The predicted molar refractivity (Wildman–Crippen MR) is 54.4 cm³/mol. The second-order valence-electron chi connectivity index (χ2n) is 2.83. The van der Waals surface area contributed by atoms with Crippen molar-refractivity contribution in [1.29, 1.82) is 0 Å². The minimum Gasteiger partial charge on any atom is -0.468 e. The Bertz CT molecular complexity index is 316. The maximum absolute atomic E-state index is 11.7. The number of ether oxygens (including phenoxy) is 1. The zero-order valence-electron chi connectivity index (χ0n) is 8.15. The first kappa shape index (κ1) is 10.9. The molecule has 76 valence electrons. The maximum atomic E-state index is 11.7. The van der Waals surface area contributed by atoms with Crippen LogP contribution in [0.1, 0.15) is 23.0 Å². The number of carbonyl (C=O) groups is 2. The lowest BCUT2D eigenvalue weighted by atomic mass is 10.0. The Kier molecular flexibility index (Phi) is 3.83. The summed E-state index contributed by atoms with van der Waals surface area (Å²) in [6.07, 6.45) is 0.476. The van der Waals surface area contributed by atoms with E-state index in [9.17, 15) is 9.59 Å². The van der Waals surface area contributed by atoms with Gasteiger partial charge in [-0.3, -0.25) is 9.59 Å². The zero-order chi connectivity index (χ0) is 10.6. The van der Waals surface area contributed by atoms with Gasteiger partial charge in [0.05, 0.1) is 12.0 Å². The van der Waals surface area contributed by atoms with Gasteiger partial charge in [-0.2, -0.15) is 0 Å². The van der Waals surface area contributed by atoms with Crippen molar-refractivity contribution in [2.24, 2.45) is 5.92 Å². The van der Waals surface area contributed by atoms with Gasteiger partial charge in [0.2, 0.25) is 0 Å². The van der Waals surface area contributed by atoms with Crippen LogP contribution in [0, 0.1) is 5.92 Å². The first-order chi connectivity index (χ1) is 6.70. The summed E-state index contributed by atoms with van der Waals surface area (Å²) in [5.74, 6) is -1.25. The highest BCUT2D eigenvalue weighted by molar-refractivity contribution is 7.12. The third-order valence-corrected chi connectivity index (χ3v) is 2.86. The van der Waals surface area contributed by atoms with Gasteiger partial charge in [-0.05, 0) is 17.9 Å². The number of ketones is 1. The Morgan fingerprint density at radius 2 is 2.29 bits per heavy atom. The normalized spacial score (nSPS) is 12.1. The Morgan fingerprint density at radius 1 is 1.57 bits per heavy atom. The molecule has 1 rings (SSSR count). The molecule has 0 bridgehead atoms. The number of thiophene rings is 1. The SMILES string of the molecule is CCC(C(=O)OC)C(=O)c1cccs1. The van der Waals surface area contributed by atoms with Gasteiger partial charge >= 0.3 is 5.97 Å². The van der Waals surface area contributed by atoms with Crippen LogP contribution in [-0.2, 0) is 9.53 Å². The van der Waals surface area contributed by atoms with Gasteiger partial charge in [-0.1, -0.05) is 13.0 Å². The van der Waals surface area contributed by atoms with E-state index in [1.165, 1.54) is 18.4 Å². The fourth-order valence-electron chi connectivity index (χ4n) is 1.19. The van der Waals surface area contributed by atoms with E-state index in [4.69, 9.17) is 0 Å². The molecular weight excluding hydrogens is 200 g/mol. The smallest absolute Gasteiger partial charge is 0.316 e. The Balaban J connectivity index is 2.81. The highest BCUT2D eigenvalue weighted by Crippen LogP contribution is 2.17. The average molecular weight is 212 g/mol. The van der Waals surface area contributed by atoms with Gasteiger partial charge in [0, 0.05) is 0 Å². The summed E-state index contributed by atoms with van der Waals surface area (Å²) >= 11 is 1.35. The minimum atomic E-state index is -0.654. The molecule has 0 saturated carbocycles.